The molecule has 1 aromatic carbocycles. The van der Waals surface area contributed by atoms with Gasteiger partial charge in [0.15, 0.2) is 17.3 Å². The van der Waals surface area contributed by atoms with Crippen LogP contribution in [0.2, 0.25) is 0 Å². The third kappa shape index (κ3) is 2.86. The molecule has 1 aliphatic carbocycles. The molecule has 2 unspecified atom stereocenters. The van der Waals surface area contributed by atoms with Crippen LogP contribution in [0.4, 0.5) is 0 Å². The number of benzene rings is 1. The molecule has 2 aliphatic rings. The molecule has 21 heavy (non-hydrogen) atoms. The number of ether oxygens (including phenoxy) is 2. The maximum Gasteiger partial charge on any atom is 0.265 e. The number of oxime groups is 1. The topological polar surface area (TPSA) is 106 Å². The van der Waals surface area contributed by atoms with E-state index in [1.54, 1.807) is 12.1 Å². The van der Waals surface area contributed by atoms with Crippen molar-refractivity contribution in [3.8, 4) is 11.5 Å². The monoisotopic (exact) mass is 291 g/mol. The van der Waals surface area contributed by atoms with Crippen LogP contribution in [-0.2, 0) is 4.79 Å². The lowest BCUT2D eigenvalue weighted by atomic mass is 10.1. The van der Waals surface area contributed by atoms with E-state index in [1.807, 2.05) is 12.1 Å². The number of carbonyl (C=O) groups excluding carboxylic acids is 1. The molecule has 1 aliphatic heterocycles. The highest BCUT2D eigenvalue weighted by Gasteiger charge is 2.37. The Morgan fingerprint density at radius 1 is 1.38 bits per heavy atom. The Bertz CT molecular complexity index is 571. The number of amidine groups is 1. The lowest BCUT2D eigenvalue weighted by Gasteiger charge is -2.27. The van der Waals surface area contributed by atoms with Gasteiger partial charge < -0.3 is 25.7 Å². The Balaban J connectivity index is 1.66. The zero-order chi connectivity index (χ0) is 14.8. The summed E-state index contributed by atoms with van der Waals surface area (Å²) in [6.45, 7) is 0.135. The Morgan fingerprint density at radius 3 is 2.76 bits per heavy atom. The van der Waals surface area contributed by atoms with Gasteiger partial charge in [0.05, 0.1) is 6.04 Å². The number of nitrogens with two attached hydrogens (primary N) is 1. The molecule has 0 bridgehead atoms. The van der Waals surface area contributed by atoms with Crippen LogP contribution in [-0.4, -0.2) is 35.7 Å². The van der Waals surface area contributed by atoms with Crippen molar-refractivity contribution in [2.24, 2.45) is 16.8 Å². The first-order chi connectivity index (χ1) is 10.2. The fraction of sp³-hybridized carbons (Fsp3) is 0.429. The highest BCUT2D eigenvalue weighted by Crippen LogP contribution is 2.33. The molecule has 0 radical (unpaired) electrons. The van der Waals surface area contributed by atoms with Crippen LogP contribution >= 0.6 is 0 Å². The minimum absolute atomic E-state index is 0.0166. The summed E-state index contributed by atoms with van der Waals surface area (Å²) in [5, 5.41) is 14.6. The van der Waals surface area contributed by atoms with Gasteiger partial charge in [-0.25, -0.2) is 0 Å². The molecule has 1 saturated carbocycles. The molecule has 112 valence electrons. The zero-order valence-electron chi connectivity index (χ0n) is 11.4. The second-order valence-electron chi connectivity index (χ2n) is 5.21. The third-order valence-corrected chi connectivity index (χ3v) is 3.63. The van der Waals surface area contributed by atoms with Gasteiger partial charge in [0.2, 0.25) is 6.10 Å². The second kappa shape index (κ2) is 5.51. The number of para-hydroxylation sites is 2. The molecule has 0 aromatic heterocycles. The Kier molecular flexibility index (Phi) is 3.55. The number of nitrogens with one attached hydrogen (secondary N) is 1. The van der Waals surface area contributed by atoms with Crippen molar-refractivity contribution in [2.45, 2.75) is 25.0 Å². The van der Waals surface area contributed by atoms with E-state index in [9.17, 15) is 4.79 Å². The fourth-order valence-corrected chi connectivity index (χ4v) is 2.32. The molecule has 4 N–H and O–H groups in total. The molecule has 1 fully saturated rings. The number of nitrogens with zero attached hydrogens (tertiary/aromatic N) is 1. The summed E-state index contributed by atoms with van der Waals surface area (Å²) in [7, 11) is 0. The highest BCUT2D eigenvalue weighted by atomic mass is 16.6. The van der Waals surface area contributed by atoms with Gasteiger partial charge in [0.25, 0.3) is 5.91 Å². The lowest BCUT2D eigenvalue weighted by Crippen LogP contribution is -2.52. The molecule has 1 aromatic rings. The fourth-order valence-electron chi connectivity index (χ4n) is 2.32. The molecule has 2 atom stereocenters. The first-order valence-corrected chi connectivity index (χ1v) is 6.85. The van der Waals surface area contributed by atoms with E-state index < -0.39 is 12.1 Å². The van der Waals surface area contributed by atoms with Gasteiger partial charge in [0.1, 0.15) is 6.61 Å². The quantitative estimate of drug-likeness (QED) is 0.323. The summed E-state index contributed by atoms with van der Waals surface area (Å²) in [5.41, 5.74) is 5.63. The molecular formula is C14H17N3O4. The van der Waals surface area contributed by atoms with Gasteiger partial charge in [-0.15, -0.1) is 0 Å². The normalized spacial score (nSPS) is 22.5. The van der Waals surface area contributed by atoms with Crippen LogP contribution in [0.1, 0.15) is 12.8 Å². The number of hydrogen-bond donors (Lipinski definition) is 3. The van der Waals surface area contributed by atoms with Crippen molar-refractivity contribution in [3.63, 3.8) is 0 Å². The summed E-state index contributed by atoms with van der Waals surface area (Å²) >= 11 is 0. The SMILES string of the molecule is NC(=NO)C(NC(=O)C1COc2ccccc2O1)C1CC1. The maximum absolute atomic E-state index is 12.3. The molecular weight excluding hydrogens is 274 g/mol. The molecule has 0 saturated heterocycles. The Hall–Kier alpha value is -2.44. The van der Waals surface area contributed by atoms with Gasteiger partial charge in [-0.2, -0.15) is 0 Å². The Labute approximate surface area is 121 Å². The van der Waals surface area contributed by atoms with Crippen molar-refractivity contribution >= 4 is 11.7 Å². The van der Waals surface area contributed by atoms with E-state index in [0.29, 0.717) is 11.5 Å². The smallest absolute Gasteiger partial charge is 0.265 e. The maximum atomic E-state index is 12.3. The van der Waals surface area contributed by atoms with Gasteiger partial charge in [-0.1, -0.05) is 17.3 Å². The number of carbonyl (C=O) groups is 1. The first kappa shape index (κ1) is 13.5. The lowest BCUT2D eigenvalue weighted by molar-refractivity contribution is -0.130. The van der Waals surface area contributed by atoms with Gasteiger partial charge in [-0.05, 0) is 30.9 Å². The largest absolute Gasteiger partial charge is 0.485 e. The summed E-state index contributed by atoms with van der Waals surface area (Å²) in [5.74, 6) is 1.07. The zero-order valence-corrected chi connectivity index (χ0v) is 11.4. The predicted octanol–water partition coefficient (Wildman–Crippen LogP) is 0.468. The average Bonchev–Trinajstić information content (AvgIpc) is 3.35. The van der Waals surface area contributed by atoms with E-state index in [4.69, 9.17) is 20.4 Å². The standard InChI is InChI=1S/C14H17N3O4/c15-13(17-19)12(8-5-6-8)16-14(18)11-7-20-9-3-1-2-4-10(9)21-11/h1-4,8,11-12,19H,5-7H2,(H2,15,17)(H,16,18). The second-order valence-corrected chi connectivity index (χ2v) is 5.21. The predicted molar refractivity (Wildman–Crippen MR) is 74.4 cm³/mol. The van der Waals surface area contributed by atoms with E-state index in [2.05, 4.69) is 10.5 Å². The number of amides is 1. The minimum atomic E-state index is -0.743. The number of fused-ring (bicyclic) bond motifs is 1. The molecule has 0 spiro atoms. The summed E-state index contributed by atoms with van der Waals surface area (Å²) < 4.78 is 11.1. The van der Waals surface area contributed by atoms with Crippen LogP contribution in [0.15, 0.2) is 29.4 Å². The van der Waals surface area contributed by atoms with E-state index in [1.165, 1.54) is 0 Å². The van der Waals surface area contributed by atoms with Crippen molar-refractivity contribution in [2.75, 3.05) is 6.61 Å². The van der Waals surface area contributed by atoms with Crippen molar-refractivity contribution < 1.29 is 19.5 Å². The molecule has 7 nitrogen and oxygen atoms in total. The van der Waals surface area contributed by atoms with Gasteiger partial charge >= 0.3 is 0 Å². The van der Waals surface area contributed by atoms with Gasteiger partial charge in [0, 0.05) is 0 Å². The van der Waals surface area contributed by atoms with Crippen LogP contribution in [0, 0.1) is 5.92 Å². The van der Waals surface area contributed by atoms with E-state index >= 15 is 0 Å². The summed E-state index contributed by atoms with van der Waals surface area (Å²) in [6.07, 6.45) is 1.16. The molecule has 7 heteroatoms. The third-order valence-electron chi connectivity index (χ3n) is 3.63. The van der Waals surface area contributed by atoms with Crippen molar-refractivity contribution in [1.29, 1.82) is 0 Å². The number of rotatable bonds is 4. The minimum Gasteiger partial charge on any atom is -0.485 e. The van der Waals surface area contributed by atoms with Gasteiger partial charge in [-0.3, -0.25) is 4.79 Å². The number of hydrogen-bond acceptors (Lipinski definition) is 5. The van der Waals surface area contributed by atoms with E-state index in [0.717, 1.165) is 12.8 Å². The van der Waals surface area contributed by atoms with Crippen molar-refractivity contribution in [3.05, 3.63) is 24.3 Å². The van der Waals surface area contributed by atoms with Crippen LogP contribution in [0.25, 0.3) is 0 Å². The molecule has 1 heterocycles. The average molecular weight is 291 g/mol. The van der Waals surface area contributed by atoms with E-state index in [-0.39, 0.29) is 24.3 Å². The first-order valence-electron chi connectivity index (χ1n) is 6.85. The molecule has 3 rings (SSSR count). The summed E-state index contributed by atoms with van der Waals surface area (Å²) in [4.78, 5) is 12.3. The van der Waals surface area contributed by atoms with Crippen LogP contribution in [0.5, 0.6) is 11.5 Å². The Morgan fingerprint density at radius 2 is 2.10 bits per heavy atom. The van der Waals surface area contributed by atoms with Crippen molar-refractivity contribution in [1.82, 2.24) is 5.32 Å². The van der Waals surface area contributed by atoms with Crippen LogP contribution < -0.4 is 20.5 Å². The summed E-state index contributed by atoms with van der Waals surface area (Å²) in [6, 6.07) is 6.72. The highest BCUT2D eigenvalue weighted by molar-refractivity contribution is 5.92. The van der Waals surface area contributed by atoms with Crippen LogP contribution in [0.3, 0.4) is 0 Å². The molecule has 1 amide bonds.